The Labute approximate surface area is 141 Å². The van der Waals surface area contributed by atoms with Crippen LogP contribution in [0.4, 0.5) is 0 Å². The predicted octanol–water partition coefficient (Wildman–Crippen LogP) is 2.30. The molecule has 1 aromatic heterocycles. The largest absolute Gasteiger partial charge is 0.345 e. The molecule has 122 valence electrons. The van der Waals surface area contributed by atoms with Crippen LogP contribution in [0.3, 0.4) is 0 Å². The third-order valence-electron chi connectivity index (χ3n) is 4.11. The van der Waals surface area contributed by atoms with Gasteiger partial charge in [0.1, 0.15) is 5.82 Å². The van der Waals surface area contributed by atoms with Gasteiger partial charge in [-0.25, -0.2) is 4.98 Å². The average Bonchev–Trinajstić information content (AvgIpc) is 3.09. The highest BCUT2D eigenvalue weighted by Crippen LogP contribution is 2.15. The van der Waals surface area contributed by atoms with E-state index in [1.807, 2.05) is 42.3 Å². The molecule has 1 aromatic carbocycles. The SMILES string of the molecule is Cc1ncc(CNC2CC(=O)N(CCc3cccc(Cl)c3)C2)[nH]1. The van der Waals surface area contributed by atoms with Crippen molar-refractivity contribution in [3.8, 4) is 0 Å². The van der Waals surface area contributed by atoms with E-state index < -0.39 is 0 Å². The van der Waals surface area contributed by atoms with Gasteiger partial charge in [0.15, 0.2) is 0 Å². The predicted molar refractivity (Wildman–Crippen MR) is 90.3 cm³/mol. The lowest BCUT2D eigenvalue weighted by atomic mass is 10.1. The van der Waals surface area contributed by atoms with Crippen LogP contribution >= 0.6 is 11.6 Å². The number of halogens is 1. The van der Waals surface area contributed by atoms with Gasteiger partial charge >= 0.3 is 0 Å². The number of aromatic nitrogens is 2. The molecule has 0 aliphatic carbocycles. The molecule has 5 nitrogen and oxygen atoms in total. The second-order valence-corrected chi connectivity index (χ2v) is 6.43. The minimum absolute atomic E-state index is 0.200. The summed E-state index contributed by atoms with van der Waals surface area (Å²) in [5, 5.41) is 4.16. The molecule has 6 heteroatoms. The molecule has 2 aromatic rings. The van der Waals surface area contributed by atoms with Crippen molar-refractivity contribution in [3.05, 3.63) is 52.6 Å². The van der Waals surface area contributed by atoms with Gasteiger partial charge in [0.2, 0.25) is 5.91 Å². The van der Waals surface area contributed by atoms with Crippen LogP contribution in [0.1, 0.15) is 23.5 Å². The molecule has 1 fully saturated rings. The molecule has 1 amide bonds. The van der Waals surface area contributed by atoms with E-state index in [0.717, 1.165) is 41.6 Å². The lowest BCUT2D eigenvalue weighted by Crippen LogP contribution is -2.33. The quantitative estimate of drug-likeness (QED) is 0.853. The van der Waals surface area contributed by atoms with Crippen LogP contribution < -0.4 is 5.32 Å². The van der Waals surface area contributed by atoms with E-state index in [-0.39, 0.29) is 11.9 Å². The number of rotatable bonds is 6. The van der Waals surface area contributed by atoms with Gasteiger partial charge in [-0.2, -0.15) is 0 Å². The van der Waals surface area contributed by atoms with Crippen molar-refractivity contribution in [3.63, 3.8) is 0 Å². The fourth-order valence-corrected chi connectivity index (χ4v) is 3.11. The van der Waals surface area contributed by atoms with Crippen LogP contribution in [-0.2, 0) is 17.8 Å². The smallest absolute Gasteiger partial charge is 0.224 e. The number of nitrogens with zero attached hydrogens (tertiary/aromatic N) is 2. The Bertz CT molecular complexity index is 685. The van der Waals surface area contributed by atoms with E-state index in [1.54, 1.807) is 0 Å². The summed E-state index contributed by atoms with van der Waals surface area (Å²) < 4.78 is 0. The maximum Gasteiger partial charge on any atom is 0.224 e. The van der Waals surface area contributed by atoms with Crippen LogP contribution in [-0.4, -0.2) is 39.9 Å². The third kappa shape index (κ3) is 4.33. The number of likely N-dealkylation sites (tertiary alicyclic amines) is 1. The molecular weight excluding hydrogens is 312 g/mol. The van der Waals surface area contributed by atoms with Crippen molar-refractivity contribution in [2.75, 3.05) is 13.1 Å². The highest BCUT2D eigenvalue weighted by atomic mass is 35.5. The topological polar surface area (TPSA) is 61.0 Å². The molecule has 23 heavy (non-hydrogen) atoms. The van der Waals surface area contributed by atoms with Crippen LogP contribution in [0.15, 0.2) is 30.5 Å². The number of hydrogen-bond acceptors (Lipinski definition) is 3. The Kier molecular flexibility index (Phi) is 4.98. The van der Waals surface area contributed by atoms with Crippen LogP contribution in [0.2, 0.25) is 5.02 Å². The molecule has 3 rings (SSSR count). The zero-order valence-electron chi connectivity index (χ0n) is 13.2. The van der Waals surface area contributed by atoms with Gasteiger partial charge < -0.3 is 15.2 Å². The average molecular weight is 333 g/mol. The van der Waals surface area contributed by atoms with E-state index in [1.165, 1.54) is 0 Å². The van der Waals surface area contributed by atoms with E-state index >= 15 is 0 Å². The number of amides is 1. The summed E-state index contributed by atoms with van der Waals surface area (Å²) in [4.78, 5) is 21.4. The summed E-state index contributed by atoms with van der Waals surface area (Å²) in [6.45, 7) is 4.13. The van der Waals surface area contributed by atoms with Crippen LogP contribution in [0, 0.1) is 6.92 Å². The van der Waals surface area contributed by atoms with Crippen molar-refractivity contribution in [2.24, 2.45) is 0 Å². The van der Waals surface area contributed by atoms with Gasteiger partial charge in [0.25, 0.3) is 0 Å². The van der Waals surface area contributed by atoms with Gasteiger partial charge in [-0.3, -0.25) is 4.79 Å². The first kappa shape index (κ1) is 16.0. The van der Waals surface area contributed by atoms with Gasteiger partial charge in [0, 0.05) is 49.0 Å². The molecule has 0 saturated carbocycles. The Hall–Kier alpha value is -1.85. The van der Waals surface area contributed by atoms with Crippen molar-refractivity contribution < 1.29 is 4.79 Å². The van der Waals surface area contributed by atoms with Crippen LogP contribution in [0.25, 0.3) is 0 Å². The number of H-pyrrole nitrogens is 1. The second kappa shape index (κ2) is 7.15. The van der Waals surface area contributed by atoms with Crippen molar-refractivity contribution in [1.29, 1.82) is 0 Å². The number of aryl methyl sites for hydroxylation is 1. The van der Waals surface area contributed by atoms with Gasteiger partial charge in [-0.15, -0.1) is 0 Å². The fourth-order valence-electron chi connectivity index (χ4n) is 2.90. The molecule has 1 aliphatic rings. The zero-order valence-corrected chi connectivity index (χ0v) is 13.9. The number of hydrogen-bond donors (Lipinski definition) is 2. The molecule has 1 saturated heterocycles. The summed E-state index contributed by atoms with van der Waals surface area (Å²) in [7, 11) is 0. The summed E-state index contributed by atoms with van der Waals surface area (Å²) >= 11 is 5.99. The standard InChI is InChI=1S/C17H21ClN4O/c1-12-19-9-16(21-12)10-20-15-8-17(23)22(11-15)6-5-13-3-2-4-14(18)7-13/h2-4,7,9,15,20H,5-6,8,10-11H2,1H3,(H,19,21). The minimum atomic E-state index is 0.200. The summed E-state index contributed by atoms with van der Waals surface area (Å²) in [5.74, 6) is 1.12. The molecule has 0 bridgehead atoms. The zero-order chi connectivity index (χ0) is 16.2. The van der Waals surface area contributed by atoms with E-state index in [0.29, 0.717) is 13.0 Å². The highest BCUT2D eigenvalue weighted by Gasteiger charge is 2.28. The first-order valence-electron chi connectivity index (χ1n) is 7.86. The number of benzene rings is 1. The molecule has 2 N–H and O–H groups in total. The number of nitrogens with one attached hydrogen (secondary N) is 2. The Morgan fingerprint density at radius 2 is 2.35 bits per heavy atom. The Morgan fingerprint density at radius 1 is 1.48 bits per heavy atom. The number of carbonyl (C=O) groups excluding carboxylic acids is 1. The molecule has 0 radical (unpaired) electrons. The van der Waals surface area contributed by atoms with E-state index in [9.17, 15) is 4.79 Å². The summed E-state index contributed by atoms with van der Waals surface area (Å²) in [6.07, 6.45) is 3.22. The maximum absolute atomic E-state index is 12.1. The number of aromatic amines is 1. The molecule has 1 atom stereocenters. The monoisotopic (exact) mass is 332 g/mol. The molecule has 2 heterocycles. The van der Waals surface area contributed by atoms with Gasteiger partial charge in [-0.1, -0.05) is 23.7 Å². The lowest BCUT2D eigenvalue weighted by Gasteiger charge is -2.17. The lowest BCUT2D eigenvalue weighted by molar-refractivity contribution is -0.127. The van der Waals surface area contributed by atoms with Crippen LogP contribution in [0.5, 0.6) is 0 Å². The third-order valence-corrected chi connectivity index (χ3v) is 4.35. The molecule has 0 spiro atoms. The van der Waals surface area contributed by atoms with Gasteiger partial charge in [0.05, 0.1) is 0 Å². The van der Waals surface area contributed by atoms with Crippen molar-refractivity contribution in [2.45, 2.75) is 32.4 Å². The first-order chi connectivity index (χ1) is 11.1. The summed E-state index contributed by atoms with van der Waals surface area (Å²) in [6, 6.07) is 8.01. The Morgan fingerprint density at radius 3 is 3.09 bits per heavy atom. The maximum atomic E-state index is 12.1. The molecule has 1 unspecified atom stereocenters. The minimum Gasteiger partial charge on any atom is -0.345 e. The van der Waals surface area contributed by atoms with E-state index in [4.69, 9.17) is 11.6 Å². The number of imidazole rings is 1. The number of carbonyl (C=O) groups is 1. The Balaban J connectivity index is 1.47. The van der Waals surface area contributed by atoms with E-state index in [2.05, 4.69) is 15.3 Å². The first-order valence-corrected chi connectivity index (χ1v) is 8.24. The highest BCUT2D eigenvalue weighted by molar-refractivity contribution is 6.30. The van der Waals surface area contributed by atoms with Crippen molar-refractivity contribution >= 4 is 17.5 Å². The second-order valence-electron chi connectivity index (χ2n) is 6.00. The fraction of sp³-hybridized carbons (Fsp3) is 0.412. The molecular formula is C17H21ClN4O. The summed E-state index contributed by atoms with van der Waals surface area (Å²) in [5.41, 5.74) is 2.21. The van der Waals surface area contributed by atoms with Gasteiger partial charge in [-0.05, 0) is 31.0 Å². The molecule has 1 aliphatic heterocycles. The normalized spacial score (nSPS) is 17.9. The van der Waals surface area contributed by atoms with Crippen molar-refractivity contribution in [1.82, 2.24) is 20.2 Å².